The largest absolute Gasteiger partial charge is 0.453 e. The highest BCUT2D eigenvalue weighted by atomic mass is 19.1. The minimum absolute atomic E-state index is 0.0762. The van der Waals surface area contributed by atoms with Crippen molar-refractivity contribution < 1.29 is 19.0 Å². The third-order valence-electron chi connectivity index (χ3n) is 2.29. The number of aromatic nitrogens is 2. The van der Waals surface area contributed by atoms with E-state index in [0.29, 0.717) is 6.61 Å². The van der Waals surface area contributed by atoms with Crippen LogP contribution in [-0.2, 0) is 4.74 Å². The van der Waals surface area contributed by atoms with E-state index in [4.69, 9.17) is 9.47 Å². The van der Waals surface area contributed by atoms with Crippen molar-refractivity contribution in [1.82, 2.24) is 10.2 Å². The van der Waals surface area contributed by atoms with Crippen molar-refractivity contribution in [3.63, 3.8) is 0 Å². The molecule has 5 nitrogen and oxygen atoms in total. The van der Waals surface area contributed by atoms with Crippen molar-refractivity contribution in [3.05, 3.63) is 48.0 Å². The minimum atomic E-state index is -1.18. The average molecular weight is 264 g/mol. The second kappa shape index (κ2) is 6.21. The Hall–Kier alpha value is -2.05. The number of aliphatic hydroxyl groups excluding tert-OH is 1. The summed E-state index contributed by atoms with van der Waals surface area (Å²) in [5.74, 6) is -0.132. The fourth-order valence-electron chi connectivity index (χ4n) is 1.44. The molecule has 0 spiro atoms. The lowest BCUT2D eigenvalue weighted by molar-refractivity contribution is -0.101. The summed E-state index contributed by atoms with van der Waals surface area (Å²) < 4.78 is 23.7. The molecule has 19 heavy (non-hydrogen) atoms. The van der Waals surface area contributed by atoms with E-state index in [-0.39, 0.29) is 17.2 Å². The van der Waals surface area contributed by atoms with Crippen LogP contribution in [0.4, 0.5) is 4.39 Å². The highest BCUT2D eigenvalue weighted by molar-refractivity contribution is 5.30. The Labute approximate surface area is 109 Å². The number of rotatable bonds is 5. The fourth-order valence-corrected chi connectivity index (χ4v) is 1.44. The number of nitrogens with zero attached hydrogens (tertiary/aromatic N) is 2. The first-order valence-electron chi connectivity index (χ1n) is 5.75. The summed E-state index contributed by atoms with van der Waals surface area (Å²) in [6.45, 7) is 2.08. The summed E-state index contributed by atoms with van der Waals surface area (Å²) in [6.07, 6.45) is 0.149. The lowest BCUT2D eigenvalue weighted by atomic mass is 10.3. The Bertz CT molecular complexity index is 551. The molecule has 0 aliphatic rings. The van der Waals surface area contributed by atoms with E-state index < -0.39 is 12.1 Å². The maximum atomic E-state index is 13.4. The molecule has 1 atom stereocenters. The maximum Gasteiger partial charge on any atom is 0.200 e. The van der Waals surface area contributed by atoms with Gasteiger partial charge in [0.2, 0.25) is 6.29 Å². The van der Waals surface area contributed by atoms with Crippen LogP contribution in [0.5, 0.6) is 11.5 Å². The number of aliphatic hydroxyl groups is 1. The predicted octanol–water partition coefficient (Wildman–Crippen LogP) is 2.44. The molecule has 0 saturated heterocycles. The molecule has 2 rings (SSSR count). The van der Waals surface area contributed by atoms with Gasteiger partial charge in [0, 0.05) is 12.7 Å². The lowest BCUT2D eigenvalue weighted by Gasteiger charge is -2.11. The molecule has 1 aromatic heterocycles. The molecule has 0 bridgehead atoms. The summed E-state index contributed by atoms with van der Waals surface area (Å²) in [5, 5.41) is 17.0. The van der Waals surface area contributed by atoms with E-state index in [9.17, 15) is 9.50 Å². The highest BCUT2D eigenvalue weighted by Crippen LogP contribution is 2.24. The lowest BCUT2D eigenvalue weighted by Crippen LogP contribution is -2.06. The number of hydrogen-bond acceptors (Lipinski definition) is 5. The Morgan fingerprint density at radius 1 is 1.37 bits per heavy atom. The molecule has 6 heteroatoms. The van der Waals surface area contributed by atoms with E-state index in [0.717, 1.165) is 0 Å². The van der Waals surface area contributed by atoms with E-state index in [1.807, 2.05) is 0 Å². The molecule has 1 N–H and O–H groups in total. The van der Waals surface area contributed by atoms with Gasteiger partial charge in [-0.1, -0.05) is 12.1 Å². The Morgan fingerprint density at radius 2 is 2.16 bits per heavy atom. The Kier molecular flexibility index (Phi) is 4.38. The number of halogens is 1. The van der Waals surface area contributed by atoms with Crippen LogP contribution in [0.1, 0.15) is 18.9 Å². The zero-order valence-electron chi connectivity index (χ0n) is 10.3. The van der Waals surface area contributed by atoms with Gasteiger partial charge in [-0.2, -0.15) is 5.10 Å². The predicted molar refractivity (Wildman–Crippen MR) is 65.1 cm³/mol. The molecule has 0 aliphatic heterocycles. The summed E-state index contributed by atoms with van der Waals surface area (Å²) in [4.78, 5) is 0. The topological polar surface area (TPSA) is 64.5 Å². The van der Waals surface area contributed by atoms with E-state index in [2.05, 4.69) is 10.2 Å². The molecule has 0 fully saturated rings. The second-order valence-electron chi connectivity index (χ2n) is 3.66. The quantitative estimate of drug-likeness (QED) is 0.840. The van der Waals surface area contributed by atoms with Crippen molar-refractivity contribution in [3.8, 4) is 11.5 Å². The van der Waals surface area contributed by atoms with Gasteiger partial charge < -0.3 is 14.6 Å². The van der Waals surface area contributed by atoms with Crippen molar-refractivity contribution in [2.24, 2.45) is 0 Å². The zero-order valence-corrected chi connectivity index (χ0v) is 10.3. The minimum Gasteiger partial charge on any atom is -0.453 e. The van der Waals surface area contributed by atoms with Crippen LogP contribution in [0.3, 0.4) is 0 Å². The van der Waals surface area contributed by atoms with Crippen LogP contribution in [-0.4, -0.2) is 21.9 Å². The van der Waals surface area contributed by atoms with Crippen LogP contribution in [0, 0.1) is 5.82 Å². The van der Waals surface area contributed by atoms with Gasteiger partial charge in [-0.3, -0.25) is 0 Å². The Balaban J connectivity index is 2.18. The molecular formula is C13H13FN2O3. The van der Waals surface area contributed by atoms with Crippen molar-refractivity contribution in [2.45, 2.75) is 13.2 Å². The van der Waals surface area contributed by atoms with Gasteiger partial charge in [0.05, 0.1) is 6.20 Å². The van der Waals surface area contributed by atoms with Crippen LogP contribution in [0.2, 0.25) is 0 Å². The van der Waals surface area contributed by atoms with Gasteiger partial charge in [-0.05, 0) is 19.1 Å². The van der Waals surface area contributed by atoms with Crippen molar-refractivity contribution >= 4 is 0 Å². The van der Waals surface area contributed by atoms with Crippen LogP contribution in [0.15, 0.2) is 36.5 Å². The van der Waals surface area contributed by atoms with Gasteiger partial charge in [-0.15, -0.1) is 5.10 Å². The molecule has 1 heterocycles. The Morgan fingerprint density at radius 3 is 2.89 bits per heavy atom. The summed E-state index contributed by atoms with van der Waals surface area (Å²) in [7, 11) is 0. The molecule has 100 valence electrons. The van der Waals surface area contributed by atoms with Crippen LogP contribution >= 0.6 is 0 Å². The van der Waals surface area contributed by atoms with Crippen LogP contribution < -0.4 is 4.74 Å². The van der Waals surface area contributed by atoms with Gasteiger partial charge in [-0.25, -0.2) is 4.39 Å². The number of hydrogen-bond donors (Lipinski definition) is 1. The third kappa shape index (κ3) is 3.46. The first-order chi connectivity index (χ1) is 9.20. The van der Waals surface area contributed by atoms with E-state index in [1.165, 1.54) is 24.4 Å². The molecule has 1 aromatic carbocycles. The molecule has 0 saturated carbocycles. The van der Waals surface area contributed by atoms with Crippen LogP contribution in [0.25, 0.3) is 0 Å². The summed E-state index contributed by atoms with van der Waals surface area (Å²) in [5.41, 5.74) is 0.204. The van der Waals surface area contributed by atoms with Gasteiger partial charge in [0.25, 0.3) is 0 Å². The molecule has 0 amide bonds. The number of benzene rings is 1. The fraction of sp³-hybridized carbons (Fsp3) is 0.231. The highest BCUT2D eigenvalue weighted by Gasteiger charge is 2.11. The molecule has 0 aliphatic carbocycles. The number of ether oxygens (including phenoxy) is 2. The first-order valence-corrected chi connectivity index (χ1v) is 5.75. The van der Waals surface area contributed by atoms with Gasteiger partial charge >= 0.3 is 0 Å². The zero-order chi connectivity index (χ0) is 13.7. The number of para-hydroxylation sites is 1. The molecular weight excluding hydrogens is 251 g/mol. The maximum absolute atomic E-state index is 13.4. The molecule has 0 radical (unpaired) electrons. The standard InChI is InChI=1S/C13H13FN2O3/c1-2-18-13(17)11-7-9(8-15-16-11)19-12-6-4-3-5-10(12)14/h3-8,13,17H,2H2,1H3. The smallest absolute Gasteiger partial charge is 0.200 e. The second-order valence-corrected chi connectivity index (χ2v) is 3.66. The van der Waals surface area contributed by atoms with E-state index in [1.54, 1.807) is 19.1 Å². The first kappa shape index (κ1) is 13.4. The average Bonchev–Trinajstić information content (AvgIpc) is 2.42. The molecule has 2 aromatic rings. The van der Waals surface area contributed by atoms with Gasteiger partial charge in [0.15, 0.2) is 11.6 Å². The monoisotopic (exact) mass is 264 g/mol. The normalized spacial score (nSPS) is 12.2. The van der Waals surface area contributed by atoms with Gasteiger partial charge in [0.1, 0.15) is 11.4 Å². The summed E-state index contributed by atoms with van der Waals surface area (Å²) >= 11 is 0. The molecule has 1 unspecified atom stereocenters. The van der Waals surface area contributed by atoms with Crippen molar-refractivity contribution in [2.75, 3.05) is 6.61 Å². The SMILES string of the molecule is CCOC(O)c1cc(Oc2ccccc2F)cnn1. The summed E-state index contributed by atoms with van der Waals surface area (Å²) in [6, 6.07) is 7.45. The van der Waals surface area contributed by atoms with E-state index >= 15 is 0 Å². The van der Waals surface area contributed by atoms with Crippen molar-refractivity contribution in [1.29, 1.82) is 0 Å². The third-order valence-corrected chi connectivity index (χ3v) is 2.29.